The minimum Gasteiger partial charge on any atom is -0.497 e. The molecule has 0 unspecified atom stereocenters. The van der Waals surface area contributed by atoms with E-state index in [9.17, 15) is 19.2 Å². The van der Waals surface area contributed by atoms with Crippen molar-refractivity contribution in [3.63, 3.8) is 0 Å². The highest BCUT2D eigenvalue weighted by atomic mass is 35.5. The Morgan fingerprint density at radius 3 is 2.00 bits per heavy atom. The Morgan fingerprint density at radius 1 is 0.941 bits per heavy atom. The van der Waals surface area contributed by atoms with Gasteiger partial charge in [0.2, 0.25) is 0 Å². The number of ketones is 1. The lowest BCUT2D eigenvalue weighted by molar-refractivity contribution is -0.157. The van der Waals surface area contributed by atoms with Crippen molar-refractivity contribution >= 4 is 35.1 Å². The summed E-state index contributed by atoms with van der Waals surface area (Å²) in [6, 6.07) is 11.5. The van der Waals surface area contributed by atoms with Gasteiger partial charge < -0.3 is 4.74 Å². The van der Waals surface area contributed by atoms with E-state index >= 15 is 0 Å². The van der Waals surface area contributed by atoms with Crippen LogP contribution in [0.1, 0.15) is 34.1 Å². The van der Waals surface area contributed by atoms with Gasteiger partial charge in [-0.3, -0.25) is 19.2 Å². The quantitative estimate of drug-likeness (QED) is 0.358. The number of fused-ring (bicyclic) bond motifs is 5. The molecule has 2 fully saturated rings. The van der Waals surface area contributed by atoms with E-state index in [1.165, 1.54) is 26.2 Å². The summed E-state index contributed by atoms with van der Waals surface area (Å²) in [4.78, 5) is 54.1. The van der Waals surface area contributed by atoms with Crippen LogP contribution < -0.4 is 4.74 Å². The summed E-state index contributed by atoms with van der Waals surface area (Å²) in [5.41, 5.74) is 0.556. The zero-order valence-corrected chi connectivity index (χ0v) is 19.4. The second kappa shape index (κ2) is 8.40. The summed E-state index contributed by atoms with van der Waals surface area (Å²) in [6.45, 7) is 1.53. The molecule has 5 atom stereocenters. The van der Waals surface area contributed by atoms with Crippen molar-refractivity contribution in [3.8, 4) is 5.75 Å². The monoisotopic (exact) mass is 478 g/mol. The number of imide groups is 1. The smallest absolute Gasteiger partial charge is 0.273 e. The molecule has 2 aliphatic carbocycles. The third kappa shape index (κ3) is 3.42. The average molecular weight is 479 g/mol. The molecule has 174 valence electrons. The molecule has 2 bridgehead atoms. The van der Waals surface area contributed by atoms with E-state index in [4.69, 9.17) is 16.3 Å². The van der Waals surface area contributed by atoms with E-state index in [2.05, 4.69) is 0 Å². The number of hydrazine groups is 1. The first-order valence-electron chi connectivity index (χ1n) is 11.1. The Kier molecular flexibility index (Phi) is 5.52. The number of hydrogen-bond donors (Lipinski definition) is 0. The topological polar surface area (TPSA) is 84.0 Å². The molecule has 1 saturated heterocycles. The molecule has 0 radical (unpaired) electrons. The van der Waals surface area contributed by atoms with Crippen molar-refractivity contribution in [1.82, 2.24) is 10.0 Å². The van der Waals surface area contributed by atoms with Crippen molar-refractivity contribution in [2.75, 3.05) is 7.11 Å². The fraction of sp³-hybridized carbons (Fsp3) is 0.308. The van der Waals surface area contributed by atoms with Crippen LogP contribution in [0.2, 0.25) is 5.02 Å². The molecule has 5 rings (SSSR count). The highest BCUT2D eigenvalue weighted by Crippen LogP contribution is 2.53. The van der Waals surface area contributed by atoms with E-state index in [1.54, 1.807) is 36.4 Å². The molecule has 1 aliphatic heterocycles. The number of carbonyl (C=O) groups is 4. The summed E-state index contributed by atoms with van der Waals surface area (Å²) in [5.74, 6) is -2.31. The standard InChI is InChI=1S/C26H23ClN2O5/c1-14(23(30)15-7-11-20(34-2)12-8-15)28(24(31)16-5-9-19(27)10-6-16)29-25(32)21-17-3-4-18(13-17)22(21)26(29)33/h3-12,14,17-18,21-22H,13H2,1-2H3/t14-,17-,18-,21+,22+/m0/s1. The highest BCUT2D eigenvalue weighted by molar-refractivity contribution is 6.30. The van der Waals surface area contributed by atoms with Crippen LogP contribution in [0.4, 0.5) is 0 Å². The van der Waals surface area contributed by atoms with Gasteiger partial charge in [0, 0.05) is 16.1 Å². The zero-order chi connectivity index (χ0) is 24.1. The van der Waals surface area contributed by atoms with Gasteiger partial charge >= 0.3 is 0 Å². The Morgan fingerprint density at radius 2 is 1.47 bits per heavy atom. The van der Waals surface area contributed by atoms with Crippen molar-refractivity contribution < 1.29 is 23.9 Å². The lowest BCUT2D eigenvalue weighted by Gasteiger charge is -2.35. The van der Waals surface area contributed by atoms with Gasteiger partial charge in [0.1, 0.15) is 11.8 Å². The number of halogens is 1. The summed E-state index contributed by atoms with van der Waals surface area (Å²) >= 11 is 5.98. The van der Waals surface area contributed by atoms with E-state index in [1.807, 2.05) is 12.2 Å². The van der Waals surface area contributed by atoms with Crippen LogP contribution in [0.15, 0.2) is 60.7 Å². The molecular weight excluding hydrogens is 456 g/mol. The Labute approximate surface area is 201 Å². The highest BCUT2D eigenvalue weighted by Gasteiger charge is 2.61. The normalized spacial score (nSPS) is 25.4. The minimum atomic E-state index is -1.10. The Balaban J connectivity index is 1.53. The molecule has 0 N–H and O–H groups in total. The number of nitrogens with zero attached hydrogens (tertiary/aromatic N) is 2. The largest absolute Gasteiger partial charge is 0.497 e. The summed E-state index contributed by atoms with van der Waals surface area (Å²) in [7, 11) is 1.52. The fourth-order valence-electron chi connectivity index (χ4n) is 5.37. The van der Waals surface area contributed by atoms with Gasteiger partial charge in [-0.1, -0.05) is 23.8 Å². The number of allylic oxidation sites excluding steroid dienone is 2. The van der Waals surface area contributed by atoms with Crippen molar-refractivity contribution in [1.29, 1.82) is 0 Å². The molecule has 7 nitrogen and oxygen atoms in total. The number of benzene rings is 2. The first-order chi connectivity index (χ1) is 16.3. The predicted molar refractivity (Wildman–Crippen MR) is 124 cm³/mol. The maximum atomic E-state index is 13.7. The third-order valence-electron chi connectivity index (χ3n) is 7.08. The third-order valence-corrected chi connectivity index (χ3v) is 7.33. The lowest BCUT2D eigenvalue weighted by atomic mass is 9.85. The zero-order valence-electron chi connectivity index (χ0n) is 18.7. The molecule has 8 heteroatoms. The second-order valence-electron chi connectivity index (χ2n) is 8.91. The Hall–Kier alpha value is -3.45. The number of amides is 3. The van der Waals surface area contributed by atoms with Gasteiger partial charge in [0.15, 0.2) is 5.78 Å². The minimum absolute atomic E-state index is 0.0171. The maximum Gasteiger partial charge on any atom is 0.273 e. The number of rotatable bonds is 6. The molecule has 3 aliphatic rings. The molecule has 1 heterocycles. The van der Waals surface area contributed by atoms with Gasteiger partial charge in [-0.2, -0.15) is 5.01 Å². The number of Topliss-reactive ketones (excluding diaryl/α,β-unsaturated/α-hetero) is 1. The van der Waals surface area contributed by atoms with E-state index < -0.39 is 41.4 Å². The molecule has 0 spiro atoms. The van der Waals surface area contributed by atoms with Crippen LogP contribution in [0.3, 0.4) is 0 Å². The molecule has 34 heavy (non-hydrogen) atoms. The van der Waals surface area contributed by atoms with Crippen LogP contribution in [0, 0.1) is 23.7 Å². The molecule has 1 saturated carbocycles. The molecule has 3 amide bonds. The summed E-state index contributed by atoms with van der Waals surface area (Å²) < 4.78 is 5.15. The van der Waals surface area contributed by atoms with Gasteiger partial charge in [-0.15, -0.1) is 0 Å². The first kappa shape index (κ1) is 22.3. The SMILES string of the molecule is COc1ccc(C(=O)[C@H](C)N(C(=O)c2ccc(Cl)cc2)N2C(=O)[C@H]3[C@H](C2=O)[C@H]2C=C[C@H]3C2)cc1. The van der Waals surface area contributed by atoms with E-state index in [0.717, 1.165) is 16.4 Å². The van der Waals surface area contributed by atoms with Crippen LogP contribution >= 0.6 is 11.6 Å². The Bertz CT molecular complexity index is 1180. The molecule has 2 aromatic rings. The lowest BCUT2D eigenvalue weighted by Crippen LogP contribution is -2.56. The number of methoxy groups -OCH3 is 1. The maximum absolute atomic E-state index is 13.7. The van der Waals surface area contributed by atoms with Gasteiger partial charge in [-0.25, -0.2) is 5.01 Å². The summed E-state index contributed by atoms with van der Waals surface area (Å²) in [6.07, 6.45) is 4.74. The number of carbonyl (C=O) groups excluding carboxylic acids is 4. The van der Waals surface area contributed by atoms with E-state index in [-0.39, 0.29) is 17.4 Å². The van der Waals surface area contributed by atoms with Crippen molar-refractivity contribution in [3.05, 3.63) is 76.8 Å². The first-order valence-corrected chi connectivity index (χ1v) is 11.5. The second-order valence-corrected chi connectivity index (χ2v) is 9.35. The van der Waals surface area contributed by atoms with Crippen LogP contribution in [0.5, 0.6) is 5.75 Å². The van der Waals surface area contributed by atoms with E-state index in [0.29, 0.717) is 16.3 Å². The molecule has 2 aromatic carbocycles. The van der Waals surface area contributed by atoms with Gasteiger partial charge in [-0.05, 0) is 73.7 Å². The van der Waals surface area contributed by atoms with Crippen molar-refractivity contribution in [2.45, 2.75) is 19.4 Å². The van der Waals surface area contributed by atoms with Crippen LogP contribution in [-0.2, 0) is 9.59 Å². The number of hydrogen-bond acceptors (Lipinski definition) is 5. The van der Waals surface area contributed by atoms with Gasteiger partial charge in [0.25, 0.3) is 17.7 Å². The number of ether oxygens (including phenoxy) is 1. The molecular formula is C26H23ClN2O5. The fourth-order valence-corrected chi connectivity index (χ4v) is 5.50. The molecule has 0 aromatic heterocycles. The average Bonchev–Trinajstić information content (AvgIpc) is 3.54. The van der Waals surface area contributed by atoms with Crippen molar-refractivity contribution in [2.24, 2.45) is 23.7 Å². The van der Waals surface area contributed by atoms with Crippen LogP contribution in [0.25, 0.3) is 0 Å². The summed E-state index contributed by atoms with van der Waals surface area (Å²) in [5, 5.41) is 2.39. The predicted octanol–water partition coefficient (Wildman–Crippen LogP) is 3.78. The van der Waals surface area contributed by atoms with Crippen LogP contribution in [-0.4, -0.2) is 46.7 Å². The van der Waals surface area contributed by atoms with Gasteiger partial charge in [0.05, 0.1) is 18.9 Å².